The van der Waals surface area contributed by atoms with E-state index in [1.165, 1.54) is 7.11 Å². The van der Waals surface area contributed by atoms with Crippen molar-refractivity contribution < 1.29 is 19.4 Å². The van der Waals surface area contributed by atoms with Crippen molar-refractivity contribution in [2.45, 2.75) is 38.3 Å². The van der Waals surface area contributed by atoms with Gasteiger partial charge in [-0.15, -0.1) is 0 Å². The molecule has 5 nitrogen and oxygen atoms in total. The molecule has 0 saturated carbocycles. The molecule has 0 radical (unpaired) electrons. The molecular formula is C16H25NO4. The predicted molar refractivity (Wildman–Crippen MR) is 81.5 cm³/mol. The number of carbonyl (C=O) groups is 1. The second-order valence-electron chi connectivity index (χ2n) is 5.28. The summed E-state index contributed by atoms with van der Waals surface area (Å²) in [5.41, 5.74) is 1.78. The van der Waals surface area contributed by atoms with E-state index < -0.39 is 12.1 Å². The van der Waals surface area contributed by atoms with Gasteiger partial charge in [0.2, 0.25) is 0 Å². The molecule has 0 aliphatic heterocycles. The fourth-order valence-corrected chi connectivity index (χ4v) is 2.25. The van der Waals surface area contributed by atoms with Gasteiger partial charge in [-0.2, -0.15) is 0 Å². The summed E-state index contributed by atoms with van der Waals surface area (Å²) in [6, 6.07) is 5.19. The molecule has 5 heteroatoms. The maximum Gasteiger partial charge on any atom is 0.307 e. The fourth-order valence-electron chi connectivity index (χ4n) is 2.25. The summed E-state index contributed by atoms with van der Waals surface area (Å²) in [6.07, 6.45) is -0.686. The van der Waals surface area contributed by atoms with E-state index >= 15 is 0 Å². The highest BCUT2D eigenvalue weighted by Gasteiger charge is 2.23. The Morgan fingerprint density at radius 3 is 2.48 bits per heavy atom. The normalized spacial score (nSPS) is 13.9. The number of benzene rings is 1. The zero-order valence-electron chi connectivity index (χ0n) is 13.3. The Hall–Kier alpha value is -1.59. The van der Waals surface area contributed by atoms with Gasteiger partial charge in [-0.25, -0.2) is 0 Å². The average molecular weight is 295 g/mol. The van der Waals surface area contributed by atoms with E-state index in [2.05, 4.69) is 23.9 Å². The molecule has 2 atom stereocenters. The summed E-state index contributed by atoms with van der Waals surface area (Å²) in [4.78, 5) is 11.4. The Labute approximate surface area is 126 Å². The lowest BCUT2D eigenvalue weighted by molar-refractivity contribution is -0.142. The zero-order valence-corrected chi connectivity index (χ0v) is 13.3. The van der Waals surface area contributed by atoms with Crippen molar-refractivity contribution in [3.05, 3.63) is 29.3 Å². The number of ether oxygens (including phenoxy) is 2. The topological polar surface area (TPSA) is 67.8 Å². The van der Waals surface area contributed by atoms with Crippen molar-refractivity contribution in [2.24, 2.45) is 0 Å². The Bertz CT molecular complexity index is 473. The number of hydrogen-bond acceptors (Lipinski definition) is 5. The Balaban J connectivity index is 3.02. The van der Waals surface area contributed by atoms with Crippen LogP contribution in [0.1, 0.15) is 43.4 Å². The summed E-state index contributed by atoms with van der Waals surface area (Å²) < 4.78 is 10.00. The summed E-state index contributed by atoms with van der Waals surface area (Å²) in [5.74, 6) is 0.724. The SMILES string of the molecule is CNC(CC(=O)OC)C(O)c1ccc(OC)c(C(C)C)c1. The van der Waals surface area contributed by atoms with Crippen LogP contribution in [0.5, 0.6) is 5.75 Å². The molecule has 1 aromatic rings. The number of aliphatic hydroxyl groups is 1. The molecule has 0 heterocycles. The summed E-state index contributed by atoms with van der Waals surface area (Å²) >= 11 is 0. The maximum absolute atomic E-state index is 11.4. The average Bonchev–Trinajstić information content (AvgIpc) is 2.50. The maximum atomic E-state index is 11.4. The molecule has 0 aliphatic carbocycles. The first kappa shape index (κ1) is 17.5. The number of hydrogen-bond donors (Lipinski definition) is 2. The number of rotatable bonds is 7. The first-order valence-electron chi connectivity index (χ1n) is 7.04. The summed E-state index contributed by atoms with van der Waals surface area (Å²) in [6.45, 7) is 4.13. The van der Waals surface area contributed by atoms with Crippen molar-refractivity contribution in [3.63, 3.8) is 0 Å². The van der Waals surface area contributed by atoms with Crippen LogP contribution in [0.2, 0.25) is 0 Å². The Morgan fingerprint density at radius 2 is 2.00 bits per heavy atom. The van der Waals surface area contributed by atoms with Crippen LogP contribution < -0.4 is 10.1 Å². The molecule has 0 bridgehead atoms. The molecule has 0 spiro atoms. The molecule has 1 rings (SSSR count). The summed E-state index contributed by atoms with van der Waals surface area (Å²) in [5, 5.41) is 13.4. The Kier molecular flexibility index (Phi) is 6.65. The first-order chi connectivity index (χ1) is 9.94. The van der Waals surface area contributed by atoms with Gasteiger partial charge in [-0.3, -0.25) is 4.79 Å². The molecule has 0 aromatic heterocycles. The van der Waals surface area contributed by atoms with Crippen LogP contribution in [0, 0.1) is 0 Å². The van der Waals surface area contributed by atoms with E-state index in [1.807, 2.05) is 18.2 Å². The monoisotopic (exact) mass is 295 g/mol. The van der Waals surface area contributed by atoms with E-state index in [0.29, 0.717) is 0 Å². The molecule has 21 heavy (non-hydrogen) atoms. The molecule has 2 N–H and O–H groups in total. The van der Waals surface area contributed by atoms with Gasteiger partial charge < -0.3 is 19.9 Å². The third-order valence-corrected chi connectivity index (χ3v) is 3.58. The van der Waals surface area contributed by atoms with E-state index in [4.69, 9.17) is 4.74 Å². The minimum Gasteiger partial charge on any atom is -0.496 e. The van der Waals surface area contributed by atoms with Crippen LogP contribution in [0.4, 0.5) is 0 Å². The van der Waals surface area contributed by atoms with Gasteiger partial charge in [0.05, 0.1) is 26.7 Å². The van der Waals surface area contributed by atoms with Gasteiger partial charge in [0.15, 0.2) is 0 Å². The van der Waals surface area contributed by atoms with Gasteiger partial charge in [-0.05, 0) is 36.2 Å². The standard InChI is InChI=1S/C16H25NO4/c1-10(2)12-8-11(6-7-14(12)20-4)16(19)13(17-3)9-15(18)21-5/h6-8,10,13,16-17,19H,9H2,1-5H3. The highest BCUT2D eigenvalue weighted by molar-refractivity contribution is 5.70. The van der Waals surface area contributed by atoms with E-state index in [0.717, 1.165) is 16.9 Å². The fraction of sp³-hybridized carbons (Fsp3) is 0.562. The lowest BCUT2D eigenvalue weighted by Gasteiger charge is -2.23. The number of methoxy groups -OCH3 is 2. The van der Waals surface area contributed by atoms with Gasteiger partial charge in [0.1, 0.15) is 5.75 Å². The van der Waals surface area contributed by atoms with E-state index in [-0.39, 0.29) is 18.3 Å². The predicted octanol–water partition coefficient (Wildman–Crippen LogP) is 2.00. The van der Waals surface area contributed by atoms with Crippen LogP contribution in [-0.2, 0) is 9.53 Å². The molecular weight excluding hydrogens is 270 g/mol. The third-order valence-electron chi connectivity index (χ3n) is 3.58. The number of esters is 1. The molecule has 118 valence electrons. The van der Waals surface area contributed by atoms with Gasteiger partial charge in [0.25, 0.3) is 0 Å². The molecule has 0 fully saturated rings. The number of carbonyl (C=O) groups excluding carboxylic acids is 1. The smallest absolute Gasteiger partial charge is 0.307 e. The Morgan fingerprint density at radius 1 is 1.33 bits per heavy atom. The zero-order chi connectivity index (χ0) is 16.0. The largest absolute Gasteiger partial charge is 0.496 e. The number of nitrogens with one attached hydrogen (secondary N) is 1. The van der Waals surface area contributed by atoms with Crippen molar-refractivity contribution in [3.8, 4) is 5.75 Å². The van der Waals surface area contributed by atoms with Crippen LogP contribution >= 0.6 is 0 Å². The molecule has 0 amide bonds. The molecule has 2 unspecified atom stereocenters. The van der Waals surface area contributed by atoms with Crippen LogP contribution in [0.15, 0.2) is 18.2 Å². The van der Waals surface area contributed by atoms with Crippen LogP contribution in [0.25, 0.3) is 0 Å². The first-order valence-corrected chi connectivity index (χ1v) is 7.04. The van der Waals surface area contributed by atoms with E-state index in [9.17, 15) is 9.90 Å². The molecule has 1 aromatic carbocycles. The van der Waals surface area contributed by atoms with Crippen LogP contribution in [-0.4, -0.2) is 38.4 Å². The minimum atomic E-state index is -0.794. The van der Waals surface area contributed by atoms with Crippen molar-refractivity contribution >= 4 is 5.97 Å². The molecule has 0 saturated heterocycles. The second kappa shape index (κ2) is 8.00. The minimum absolute atomic E-state index is 0.108. The third kappa shape index (κ3) is 4.44. The summed E-state index contributed by atoms with van der Waals surface area (Å²) in [7, 11) is 4.68. The van der Waals surface area contributed by atoms with E-state index in [1.54, 1.807) is 14.2 Å². The number of likely N-dealkylation sites (N-methyl/N-ethyl adjacent to an activating group) is 1. The van der Waals surface area contributed by atoms with Gasteiger partial charge in [-0.1, -0.05) is 19.9 Å². The van der Waals surface area contributed by atoms with Crippen molar-refractivity contribution in [1.82, 2.24) is 5.32 Å². The quantitative estimate of drug-likeness (QED) is 0.753. The van der Waals surface area contributed by atoms with Crippen molar-refractivity contribution in [1.29, 1.82) is 0 Å². The van der Waals surface area contributed by atoms with Gasteiger partial charge >= 0.3 is 5.97 Å². The lowest BCUT2D eigenvalue weighted by Crippen LogP contribution is -2.34. The highest BCUT2D eigenvalue weighted by Crippen LogP contribution is 2.30. The lowest BCUT2D eigenvalue weighted by atomic mass is 9.94. The highest BCUT2D eigenvalue weighted by atomic mass is 16.5. The molecule has 0 aliphatic rings. The van der Waals surface area contributed by atoms with Crippen LogP contribution in [0.3, 0.4) is 0 Å². The van der Waals surface area contributed by atoms with Gasteiger partial charge in [0, 0.05) is 6.04 Å². The van der Waals surface area contributed by atoms with Crippen molar-refractivity contribution in [2.75, 3.05) is 21.3 Å². The second-order valence-corrected chi connectivity index (χ2v) is 5.28. The number of aliphatic hydroxyl groups excluding tert-OH is 1.